The van der Waals surface area contributed by atoms with Crippen LogP contribution < -0.4 is 0 Å². The maximum absolute atomic E-state index is 11.6. The lowest BCUT2D eigenvalue weighted by atomic mass is 10.0. The van der Waals surface area contributed by atoms with Crippen molar-refractivity contribution in [2.75, 3.05) is 7.11 Å². The molecule has 4 heteroatoms. The molecule has 0 aliphatic carbocycles. The molecule has 2 aromatic rings. The average molecular weight is 262 g/mol. The van der Waals surface area contributed by atoms with Gasteiger partial charge in [-0.2, -0.15) is 0 Å². The van der Waals surface area contributed by atoms with E-state index in [-0.39, 0.29) is 5.69 Å². The Hall–Kier alpha value is -1.87. The lowest BCUT2D eigenvalue weighted by Gasteiger charge is -2.08. The fraction of sp³-hybridized carbons (Fsp3) is 0.143. The number of rotatable bonds is 2. The fourth-order valence-corrected chi connectivity index (χ4v) is 1.93. The first kappa shape index (κ1) is 12.6. The second kappa shape index (κ2) is 4.78. The molecule has 0 radical (unpaired) electrons. The van der Waals surface area contributed by atoms with Crippen LogP contribution in [0.1, 0.15) is 23.0 Å². The molecule has 1 aromatic carbocycles. The number of fused-ring (bicyclic) bond motifs is 1. The van der Waals surface area contributed by atoms with Crippen molar-refractivity contribution in [3.63, 3.8) is 0 Å². The second-order valence-corrected chi connectivity index (χ2v) is 4.42. The first-order chi connectivity index (χ1) is 8.52. The van der Waals surface area contributed by atoms with Crippen molar-refractivity contribution >= 4 is 34.0 Å². The highest BCUT2D eigenvalue weighted by Gasteiger charge is 2.12. The molecule has 0 unspecified atom stereocenters. The predicted molar refractivity (Wildman–Crippen MR) is 72.8 cm³/mol. The number of benzene rings is 1. The van der Waals surface area contributed by atoms with Crippen molar-refractivity contribution in [1.29, 1.82) is 0 Å². The van der Waals surface area contributed by atoms with Crippen molar-refractivity contribution in [1.82, 2.24) is 4.98 Å². The van der Waals surface area contributed by atoms with Crippen LogP contribution in [0.4, 0.5) is 0 Å². The van der Waals surface area contributed by atoms with Crippen molar-refractivity contribution in [2.24, 2.45) is 0 Å². The summed E-state index contributed by atoms with van der Waals surface area (Å²) in [6.45, 7) is 5.78. The summed E-state index contributed by atoms with van der Waals surface area (Å²) in [5, 5.41) is 1.50. The zero-order valence-electron chi connectivity index (χ0n) is 10.2. The van der Waals surface area contributed by atoms with Gasteiger partial charge in [-0.05, 0) is 36.8 Å². The standard InChI is InChI=1S/C14H12ClNO2/c1-8(2)10-7-13(14(17)18-3)16-12-5-4-9(15)6-11(10)12/h4-7H,1H2,2-3H3. The summed E-state index contributed by atoms with van der Waals surface area (Å²) < 4.78 is 4.69. The van der Waals surface area contributed by atoms with E-state index in [0.29, 0.717) is 10.5 Å². The van der Waals surface area contributed by atoms with Crippen molar-refractivity contribution in [3.05, 3.63) is 47.1 Å². The number of aromatic nitrogens is 1. The Morgan fingerprint density at radius 3 is 2.72 bits per heavy atom. The van der Waals surface area contributed by atoms with Crippen LogP contribution >= 0.6 is 11.6 Å². The largest absolute Gasteiger partial charge is 0.464 e. The summed E-state index contributed by atoms with van der Waals surface area (Å²) in [7, 11) is 1.33. The van der Waals surface area contributed by atoms with E-state index >= 15 is 0 Å². The van der Waals surface area contributed by atoms with E-state index in [9.17, 15) is 4.79 Å². The van der Waals surface area contributed by atoms with Gasteiger partial charge in [0, 0.05) is 10.4 Å². The van der Waals surface area contributed by atoms with E-state index in [0.717, 1.165) is 16.5 Å². The molecular formula is C14H12ClNO2. The number of allylic oxidation sites excluding steroid dienone is 1. The van der Waals surface area contributed by atoms with Crippen LogP contribution in [0.3, 0.4) is 0 Å². The molecule has 0 N–H and O–H groups in total. The summed E-state index contributed by atoms with van der Waals surface area (Å²) in [6.07, 6.45) is 0. The Balaban J connectivity index is 2.78. The number of carbonyl (C=O) groups is 1. The molecule has 2 rings (SSSR count). The van der Waals surface area contributed by atoms with Crippen LogP contribution in [0.25, 0.3) is 16.5 Å². The van der Waals surface area contributed by atoms with E-state index in [1.807, 2.05) is 13.0 Å². The number of esters is 1. The summed E-state index contributed by atoms with van der Waals surface area (Å²) in [4.78, 5) is 15.8. The first-order valence-electron chi connectivity index (χ1n) is 5.37. The molecular weight excluding hydrogens is 250 g/mol. The Labute approximate surface area is 110 Å². The summed E-state index contributed by atoms with van der Waals surface area (Å²) in [5.74, 6) is -0.464. The van der Waals surface area contributed by atoms with Gasteiger partial charge in [0.25, 0.3) is 0 Å². The number of nitrogens with zero attached hydrogens (tertiary/aromatic N) is 1. The SMILES string of the molecule is C=C(C)c1cc(C(=O)OC)nc2ccc(Cl)cc12. The monoisotopic (exact) mass is 261 g/mol. The highest BCUT2D eigenvalue weighted by molar-refractivity contribution is 6.31. The molecule has 0 spiro atoms. The van der Waals surface area contributed by atoms with Gasteiger partial charge in [0.15, 0.2) is 0 Å². The average Bonchev–Trinajstić information content (AvgIpc) is 2.36. The second-order valence-electron chi connectivity index (χ2n) is 3.99. The molecule has 3 nitrogen and oxygen atoms in total. The highest BCUT2D eigenvalue weighted by atomic mass is 35.5. The van der Waals surface area contributed by atoms with Gasteiger partial charge >= 0.3 is 5.97 Å². The zero-order valence-corrected chi connectivity index (χ0v) is 10.9. The molecule has 0 atom stereocenters. The molecule has 92 valence electrons. The molecule has 1 aromatic heterocycles. The minimum atomic E-state index is -0.464. The molecule has 0 bridgehead atoms. The number of halogens is 1. The summed E-state index contributed by atoms with van der Waals surface area (Å²) in [6, 6.07) is 7.00. The van der Waals surface area contributed by atoms with Gasteiger partial charge in [-0.3, -0.25) is 0 Å². The van der Waals surface area contributed by atoms with Gasteiger partial charge in [-0.15, -0.1) is 0 Å². The number of hydrogen-bond acceptors (Lipinski definition) is 3. The Morgan fingerprint density at radius 2 is 2.11 bits per heavy atom. The van der Waals surface area contributed by atoms with Gasteiger partial charge in [0.2, 0.25) is 0 Å². The van der Waals surface area contributed by atoms with Crippen LogP contribution in [-0.4, -0.2) is 18.1 Å². The number of carbonyl (C=O) groups excluding carboxylic acids is 1. The quantitative estimate of drug-likeness (QED) is 0.774. The normalized spacial score (nSPS) is 10.4. The van der Waals surface area contributed by atoms with Crippen LogP contribution in [0, 0.1) is 0 Å². The van der Waals surface area contributed by atoms with E-state index in [1.54, 1.807) is 18.2 Å². The Morgan fingerprint density at radius 1 is 1.39 bits per heavy atom. The van der Waals surface area contributed by atoms with Gasteiger partial charge in [0.1, 0.15) is 5.69 Å². The zero-order chi connectivity index (χ0) is 13.3. The van der Waals surface area contributed by atoms with Gasteiger partial charge < -0.3 is 4.74 Å². The van der Waals surface area contributed by atoms with E-state index < -0.39 is 5.97 Å². The summed E-state index contributed by atoms with van der Waals surface area (Å²) >= 11 is 5.98. The maximum atomic E-state index is 11.6. The molecule has 0 amide bonds. The third-order valence-electron chi connectivity index (χ3n) is 2.63. The molecule has 0 saturated heterocycles. The van der Waals surface area contributed by atoms with Gasteiger partial charge in [-0.25, -0.2) is 9.78 Å². The lowest BCUT2D eigenvalue weighted by Crippen LogP contribution is -2.05. The lowest BCUT2D eigenvalue weighted by molar-refractivity contribution is 0.0594. The van der Waals surface area contributed by atoms with Gasteiger partial charge in [-0.1, -0.05) is 23.8 Å². The maximum Gasteiger partial charge on any atom is 0.356 e. The number of ether oxygens (including phenoxy) is 1. The Bertz CT molecular complexity index is 650. The molecule has 0 fully saturated rings. The third-order valence-corrected chi connectivity index (χ3v) is 2.86. The molecule has 0 aliphatic rings. The highest BCUT2D eigenvalue weighted by Crippen LogP contribution is 2.26. The fourth-order valence-electron chi connectivity index (χ4n) is 1.76. The van der Waals surface area contributed by atoms with Crippen LogP contribution in [-0.2, 0) is 4.74 Å². The number of pyridine rings is 1. The van der Waals surface area contributed by atoms with E-state index in [4.69, 9.17) is 11.6 Å². The minimum Gasteiger partial charge on any atom is -0.464 e. The van der Waals surface area contributed by atoms with Crippen molar-refractivity contribution in [3.8, 4) is 0 Å². The number of methoxy groups -OCH3 is 1. The van der Waals surface area contributed by atoms with Gasteiger partial charge in [0.05, 0.1) is 12.6 Å². The first-order valence-corrected chi connectivity index (χ1v) is 5.75. The van der Waals surface area contributed by atoms with Crippen LogP contribution in [0.2, 0.25) is 5.02 Å². The number of hydrogen-bond donors (Lipinski definition) is 0. The molecule has 1 heterocycles. The summed E-state index contributed by atoms with van der Waals surface area (Å²) in [5.41, 5.74) is 2.66. The third kappa shape index (κ3) is 2.22. The van der Waals surface area contributed by atoms with Crippen LogP contribution in [0.15, 0.2) is 30.8 Å². The topological polar surface area (TPSA) is 39.2 Å². The van der Waals surface area contributed by atoms with Crippen LogP contribution in [0.5, 0.6) is 0 Å². The minimum absolute atomic E-state index is 0.269. The van der Waals surface area contributed by atoms with Crippen molar-refractivity contribution < 1.29 is 9.53 Å². The van der Waals surface area contributed by atoms with Crippen molar-refractivity contribution in [2.45, 2.75) is 6.92 Å². The van der Waals surface area contributed by atoms with E-state index in [1.165, 1.54) is 7.11 Å². The Kier molecular flexibility index (Phi) is 3.34. The molecule has 0 aliphatic heterocycles. The molecule has 0 saturated carbocycles. The molecule has 18 heavy (non-hydrogen) atoms. The van der Waals surface area contributed by atoms with E-state index in [2.05, 4.69) is 16.3 Å². The smallest absolute Gasteiger partial charge is 0.356 e. The predicted octanol–water partition coefficient (Wildman–Crippen LogP) is 3.71.